The molecule has 8 nitrogen and oxygen atoms in total. The van der Waals surface area contributed by atoms with Crippen LogP contribution in [0.2, 0.25) is 0 Å². The van der Waals surface area contributed by atoms with E-state index in [1.807, 2.05) is 0 Å². The molecule has 0 saturated carbocycles. The van der Waals surface area contributed by atoms with E-state index in [4.69, 9.17) is 4.74 Å². The molecular formula is C19H17F4N5O3S. The van der Waals surface area contributed by atoms with Crippen LogP contribution in [-0.2, 0) is 23.2 Å². The fraction of sp³-hybridized carbons (Fsp3) is 0.316. The van der Waals surface area contributed by atoms with Crippen molar-refractivity contribution in [2.45, 2.75) is 23.2 Å². The molecule has 3 heterocycles. The van der Waals surface area contributed by atoms with Crippen molar-refractivity contribution >= 4 is 10.0 Å². The molecule has 0 aliphatic carbocycles. The summed E-state index contributed by atoms with van der Waals surface area (Å²) in [5.74, 6) is -1.41. The van der Waals surface area contributed by atoms with E-state index < -0.39 is 39.7 Å². The number of halogens is 4. The molecule has 1 aliphatic rings. The second-order valence-electron chi connectivity index (χ2n) is 7.25. The van der Waals surface area contributed by atoms with Crippen LogP contribution in [0.15, 0.2) is 54.2 Å². The van der Waals surface area contributed by atoms with Gasteiger partial charge in [0.25, 0.3) is 10.0 Å². The molecular weight excluding hydrogens is 454 g/mol. The molecule has 0 spiro atoms. The lowest BCUT2D eigenvalue weighted by molar-refractivity contribution is -0.141. The number of ether oxygens (including phenoxy) is 1. The first kappa shape index (κ1) is 22.1. The standard InChI is InChI=1S/C19H17F4N5O3S/c1-27-9-18(26-11-27)32(29,30)28-7-14(12-2-4-13(20)5-3-12)15(8-28)31-17-6-16(19(21,22)23)24-10-25-17/h2-6,9-11,14-15H,7-8H2,1H3/t14-,15+/m0/s1. The van der Waals surface area contributed by atoms with E-state index >= 15 is 0 Å². The number of benzene rings is 1. The first-order valence-electron chi connectivity index (χ1n) is 9.33. The summed E-state index contributed by atoms with van der Waals surface area (Å²) < 4.78 is 86.7. The highest BCUT2D eigenvalue weighted by Gasteiger charge is 2.43. The molecule has 2 atom stereocenters. The zero-order valence-electron chi connectivity index (χ0n) is 16.6. The average Bonchev–Trinajstić information content (AvgIpc) is 3.36. The van der Waals surface area contributed by atoms with Crippen LogP contribution in [0.4, 0.5) is 17.6 Å². The minimum Gasteiger partial charge on any atom is -0.472 e. The molecule has 1 fully saturated rings. The highest BCUT2D eigenvalue weighted by atomic mass is 32.2. The number of rotatable bonds is 5. The summed E-state index contributed by atoms with van der Waals surface area (Å²) in [7, 11) is -2.37. The Bertz CT molecular complexity index is 1210. The number of aromatic nitrogens is 4. The number of sulfonamides is 1. The first-order valence-corrected chi connectivity index (χ1v) is 10.8. The van der Waals surface area contributed by atoms with E-state index in [0.717, 1.165) is 10.6 Å². The van der Waals surface area contributed by atoms with Crippen molar-refractivity contribution in [2.75, 3.05) is 13.1 Å². The maximum atomic E-state index is 13.4. The van der Waals surface area contributed by atoms with Gasteiger partial charge in [0.15, 0.2) is 10.7 Å². The largest absolute Gasteiger partial charge is 0.472 e. The third-order valence-electron chi connectivity index (χ3n) is 5.02. The monoisotopic (exact) mass is 471 g/mol. The maximum Gasteiger partial charge on any atom is 0.433 e. The third-order valence-corrected chi connectivity index (χ3v) is 6.74. The fourth-order valence-electron chi connectivity index (χ4n) is 3.45. The lowest BCUT2D eigenvalue weighted by Crippen LogP contribution is -2.31. The Balaban J connectivity index is 1.66. The van der Waals surface area contributed by atoms with E-state index in [-0.39, 0.29) is 24.0 Å². The summed E-state index contributed by atoms with van der Waals surface area (Å²) >= 11 is 0. The minimum absolute atomic E-state index is 0.0353. The number of aryl methyl sites for hydroxylation is 1. The van der Waals surface area contributed by atoms with Gasteiger partial charge >= 0.3 is 6.18 Å². The van der Waals surface area contributed by atoms with Gasteiger partial charge in [-0.2, -0.15) is 17.5 Å². The highest BCUT2D eigenvalue weighted by Crippen LogP contribution is 2.35. The van der Waals surface area contributed by atoms with Crippen LogP contribution in [0.25, 0.3) is 0 Å². The molecule has 4 rings (SSSR count). The summed E-state index contributed by atoms with van der Waals surface area (Å²) in [5.41, 5.74) is -0.614. The lowest BCUT2D eigenvalue weighted by Gasteiger charge is -2.20. The Morgan fingerprint density at radius 3 is 2.44 bits per heavy atom. The minimum atomic E-state index is -4.69. The van der Waals surface area contributed by atoms with Gasteiger partial charge in [0, 0.05) is 31.8 Å². The van der Waals surface area contributed by atoms with Gasteiger partial charge in [0.05, 0.1) is 12.9 Å². The Labute approximate surface area is 180 Å². The van der Waals surface area contributed by atoms with Crippen LogP contribution in [-0.4, -0.2) is 51.4 Å². The summed E-state index contributed by atoms with van der Waals surface area (Å²) in [6, 6.07) is 6.05. The number of alkyl halides is 3. The average molecular weight is 471 g/mol. The van der Waals surface area contributed by atoms with Crippen molar-refractivity contribution in [3.63, 3.8) is 0 Å². The van der Waals surface area contributed by atoms with Gasteiger partial charge in [0.2, 0.25) is 5.88 Å². The molecule has 0 radical (unpaired) electrons. The number of hydrogen-bond acceptors (Lipinski definition) is 6. The number of imidazole rings is 1. The molecule has 0 bridgehead atoms. The second-order valence-corrected chi connectivity index (χ2v) is 9.14. The highest BCUT2D eigenvalue weighted by molar-refractivity contribution is 7.89. The van der Waals surface area contributed by atoms with E-state index in [1.165, 1.54) is 41.4 Å². The summed E-state index contributed by atoms with van der Waals surface area (Å²) in [6.45, 7) is -0.196. The van der Waals surface area contributed by atoms with Crippen LogP contribution in [0, 0.1) is 5.82 Å². The summed E-state index contributed by atoms with van der Waals surface area (Å²) in [5, 5.41) is -0.167. The van der Waals surface area contributed by atoms with Gasteiger partial charge in [0.1, 0.15) is 18.2 Å². The molecule has 1 saturated heterocycles. The fourth-order valence-corrected chi connectivity index (χ4v) is 4.90. The maximum absolute atomic E-state index is 13.4. The summed E-state index contributed by atoms with van der Waals surface area (Å²) in [6.07, 6.45) is -2.16. The molecule has 13 heteroatoms. The van der Waals surface area contributed by atoms with E-state index in [0.29, 0.717) is 11.6 Å². The molecule has 1 aromatic carbocycles. The van der Waals surface area contributed by atoms with Crippen molar-refractivity contribution in [1.82, 2.24) is 23.8 Å². The van der Waals surface area contributed by atoms with Gasteiger partial charge in [-0.05, 0) is 17.7 Å². The first-order chi connectivity index (χ1) is 15.0. The van der Waals surface area contributed by atoms with Crippen molar-refractivity contribution in [1.29, 1.82) is 0 Å². The smallest absolute Gasteiger partial charge is 0.433 e. The number of hydrogen-bond donors (Lipinski definition) is 0. The molecule has 2 aromatic heterocycles. The van der Waals surface area contributed by atoms with Crippen LogP contribution < -0.4 is 4.74 Å². The summed E-state index contributed by atoms with van der Waals surface area (Å²) in [4.78, 5) is 10.8. The Morgan fingerprint density at radius 1 is 1.09 bits per heavy atom. The van der Waals surface area contributed by atoms with Crippen LogP contribution >= 0.6 is 0 Å². The van der Waals surface area contributed by atoms with Crippen molar-refractivity contribution in [3.8, 4) is 5.88 Å². The predicted molar refractivity (Wildman–Crippen MR) is 103 cm³/mol. The van der Waals surface area contributed by atoms with Crippen LogP contribution in [0.3, 0.4) is 0 Å². The Hall–Kier alpha value is -3.06. The van der Waals surface area contributed by atoms with Crippen LogP contribution in [0.5, 0.6) is 5.88 Å². The van der Waals surface area contributed by atoms with E-state index in [9.17, 15) is 26.0 Å². The zero-order valence-corrected chi connectivity index (χ0v) is 17.4. The normalized spacial score (nSPS) is 19.9. The Morgan fingerprint density at radius 2 is 1.81 bits per heavy atom. The van der Waals surface area contributed by atoms with E-state index in [1.54, 1.807) is 7.05 Å². The molecule has 32 heavy (non-hydrogen) atoms. The molecule has 3 aromatic rings. The van der Waals surface area contributed by atoms with Crippen molar-refractivity contribution in [3.05, 3.63) is 66.3 Å². The van der Waals surface area contributed by atoms with Gasteiger partial charge in [-0.15, -0.1) is 0 Å². The van der Waals surface area contributed by atoms with E-state index in [2.05, 4.69) is 15.0 Å². The molecule has 0 N–H and O–H groups in total. The second kappa shape index (κ2) is 8.13. The Kier molecular flexibility index (Phi) is 5.63. The third kappa shape index (κ3) is 4.43. The molecule has 0 amide bonds. The van der Waals surface area contributed by atoms with Gasteiger partial charge in [-0.3, -0.25) is 0 Å². The quantitative estimate of drug-likeness (QED) is 0.532. The SMILES string of the molecule is Cn1cnc(S(=O)(=O)N2C[C@@H](Oc3cc(C(F)(F)F)ncn3)[C@H](c3ccc(F)cc3)C2)c1. The molecule has 170 valence electrons. The zero-order chi connectivity index (χ0) is 23.1. The number of nitrogens with zero attached hydrogens (tertiary/aromatic N) is 5. The lowest BCUT2D eigenvalue weighted by atomic mass is 9.96. The van der Waals surface area contributed by atoms with Gasteiger partial charge in [-0.25, -0.2) is 27.8 Å². The topological polar surface area (TPSA) is 90.2 Å². The van der Waals surface area contributed by atoms with Crippen molar-refractivity contribution < 1.29 is 30.7 Å². The molecule has 1 aliphatic heterocycles. The van der Waals surface area contributed by atoms with Crippen LogP contribution in [0.1, 0.15) is 17.2 Å². The predicted octanol–water partition coefficient (Wildman–Crippen LogP) is 2.60. The molecule has 0 unspecified atom stereocenters. The van der Waals surface area contributed by atoms with Gasteiger partial charge < -0.3 is 9.30 Å². The van der Waals surface area contributed by atoms with Gasteiger partial charge in [-0.1, -0.05) is 12.1 Å². The van der Waals surface area contributed by atoms with Crippen molar-refractivity contribution in [2.24, 2.45) is 7.05 Å².